The molecule has 31 heavy (non-hydrogen) atoms. The molecule has 0 aromatic heterocycles. The van der Waals surface area contributed by atoms with Gasteiger partial charge in [-0.05, 0) is 55.5 Å². The maximum Gasteiger partial charge on any atom is 0.190 e. The van der Waals surface area contributed by atoms with Crippen LogP contribution in [0.1, 0.15) is 35.6 Å². The zero-order chi connectivity index (χ0) is 22.1. The number of ether oxygens (including phenoxy) is 3. The van der Waals surface area contributed by atoms with E-state index in [1.165, 1.54) is 11.1 Å². The normalized spacial score (nSPS) is 19.0. The van der Waals surface area contributed by atoms with Crippen molar-refractivity contribution in [2.45, 2.75) is 32.3 Å². The predicted octanol–water partition coefficient (Wildman–Crippen LogP) is 3.89. The minimum absolute atomic E-state index is 0.126. The number of rotatable bonds is 8. The molecule has 2 aromatic rings. The number of guanidine groups is 1. The van der Waals surface area contributed by atoms with E-state index in [4.69, 9.17) is 14.2 Å². The number of nitrogens with one attached hydrogen (secondary N) is 2. The Morgan fingerprint density at radius 2 is 1.90 bits per heavy atom. The first-order valence-corrected chi connectivity index (χ1v) is 11.0. The Balaban J connectivity index is 1.53. The standard InChI is InChI=1S/C25H35N3O3/c1-18-7-9-19(10-8-18)24-21(6-5-15-31-24)17-28-25(26-2)27-14-13-20-16-22(29-3)11-12-23(20)30-4/h7-12,16,21,24H,5-6,13-15,17H2,1-4H3,(H2,26,27,28). The molecule has 6 heteroatoms. The number of nitrogens with zero attached hydrogens (tertiary/aromatic N) is 1. The molecule has 1 aliphatic heterocycles. The van der Waals surface area contributed by atoms with Crippen LogP contribution in [0.25, 0.3) is 0 Å². The molecule has 0 bridgehead atoms. The molecule has 168 valence electrons. The number of benzene rings is 2. The van der Waals surface area contributed by atoms with Gasteiger partial charge in [0.2, 0.25) is 0 Å². The van der Waals surface area contributed by atoms with Crippen molar-refractivity contribution in [2.24, 2.45) is 10.9 Å². The summed E-state index contributed by atoms with van der Waals surface area (Å²) in [6.45, 7) is 4.50. The van der Waals surface area contributed by atoms with Crippen LogP contribution in [-0.4, -0.2) is 46.9 Å². The molecule has 2 aromatic carbocycles. The predicted molar refractivity (Wildman–Crippen MR) is 125 cm³/mol. The smallest absolute Gasteiger partial charge is 0.190 e. The molecule has 1 aliphatic rings. The van der Waals surface area contributed by atoms with E-state index in [-0.39, 0.29) is 6.10 Å². The maximum atomic E-state index is 6.14. The van der Waals surface area contributed by atoms with E-state index in [1.54, 1.807) is 21.3 Å². The quantitative estimate of drug-likeness (QED) is 0.496. The van der Waals surface area contributed by atoms with Crippen LogP contribution in [0.2, 0.25) is 0 Å². The van der Waals surface area contributed by atoms with E-state index < -0.39 is 0 Å². The number of aryl methyl sites for hydroxylation is 1. The van der Waals surface area contributed by atoms with Crippen LogP contribution in [0.15, 0.2) is 47.5 Å². The lowest BCUT2D eigenvalue weighted by atomic mass is 9.89. The van der Waals surface area contributed by atoms with E-state index in [2.05, 4.69) is 46.8 Å². The molecule has 1 saturated heterocycles. The zero-order valence-electron chi connectivity index (χ0n) is 19.1. The lowest BCUT2D eigenvalue weighted by molar-refractivity contribution is -0.0265. The summed E-state index contributed by atoms with van der Waals surface area (Å²) in [4.78, 5) is 4.39. The van der Waals surface area contributed by atoms with Crippen molar-refractivity contribution in [3.8, 4) is 11.5 Å². The van der Waals surface area contributed by atoms with E-state index in [9.17, 15) is 0 Å². The largest absolute Gasteiger partial charge is 0.497 e. The van der Waals surface area contributed by atoms with Crippen molar-refractivity contribution in [3.05, 3.63) is 59.2 Å². The summed E-state index contributed by atoms with van der Waals surface area (Å²) in [5.41, 5.74) is 3.63. The fourth-order valence-electron chi connectivity index (χ4n) is 4.02. The molecule has 0 spiro atoms. The average Bonchev–Trinajstić information content (AvgIpc) is 2.82. The number of hydrogen-bond acceptors (Lipinski definition) is 4. The highest BCUT2D eigenvalue weighted by Gasteiger charge is 2.27. The van der Waals surface area contributed by atoms with Gasteiger partial charge in [0.25, 0.3) is 0 Å². The van der Waals surface area contributed by atoms with Crippen molar-refractivity contribution in [1.82, 2.24) is 10.6 Å². The summed E-state index contributed by atoms with van der Waals surface area (Å²) < 4.78 is 17.0. The highest BCUT2D eigenvalue weighted by Crippen LogP contribution is 2.33. The van der Waals surface area contributed by atoms with Crippen LogP contribution >= 0.6 is 0 Å². The summed E-state index contributed by atoms with van der Waals surface area (Å²) in [5, 5.41) is 6.90. The van der Waals surface area contributed by atoms with Gasteiger partial charge in [0, 0.05) is 32.7 Å². The van der Waals surface area contributed by atoms with Gasteiger partial charge in [-0.1, -0.05) is 29.8 Å². The van der Waals surface area contributed by atoms with Gasteiger partial charge in [-0.15, -0.1) is 0 Å². The zero-order valence-corrected chi connectivity index (χ0v) is 19.1. The second kappa shape index (κ2) is 11.6. The second-order valence-electron chi connectivity index (χ2n) is 7.91. The molecule has 3 rings (SSSR count). The summed E-state index contributed by atoms with van der Waals surface area (Å²) in [6.07, 6.45) is 3.17. The molecular formula is C25H35N3O3. The third-order valence-corrected chi connectivity index (χ3v) is 5.78. The minimum Gasteiger partial charge on any atom is -0.497 e. The fourth-order valence-corrected chi connectivity index (χ4v) is 4.02. The molecule has 2 atom stereocenters. The van der Waals surface area contributed by atoms with Crippen molar-refractivity contribution in [1.29, 1.82) is 0 Å². The molecule has 2 N–H and O–H groups in total. The van der Waals surface area contributed by atoms with Crippen LogP contribution in [0, 0.1) is 12.8 Å². The van der Waals surface area contributed by atoms with Crippen molar-refractivity contribution >= 4 is 5.96 Å². The Hall–Kier alpha value is -2.73. The second-order valence-corrected chi connectivity index (χ2v) is 7.91. The van der Waals surface area contributed by atoms with Crippen LogP contribution in [-0.2, 0) is 11.2 Å². The lowest BCUT2D eigenvalue weighted by Gasteiger charge is -2.32. The average molecular weight is 426 g/mol. The molecule has 1 heterocycles. The highest BCUT2D eigenvalue weighted by molar-refractivity contribution is 5.79. The summed E-state index contributed by atoms with van der Waals surface area (Å²) in [7, 11) is 5.17. The van der Waals surface area contributed by atoms with Crippen LogP contribution in [0.3, 0.4) is 0 Å². The van der Waals surface area contributed by atoms with Gasteiger partial charge >= 0.3 is 0 Å². The third kappa shape index (κ3) is 6.37. The lowest BCUT2D eigenvalue weighted by Crippen LogP contribution is -2.42. The fraction of sp³-hybridized carbons (Fsp3) is 0.480. The van der Waals surface area contributed by atoms with E-state index >= 15 is 0 Å². The molecule has 0 amide bonds. The Kier molecular flexibility index (Phi) is 8.59. The monoisotopic (exact) mass is 425 g/mol. The summed E-state index contributed by atoms with van der Waals surface area (Å²) in [5.74, 6) is 2.91. The van der Waals surface area contributed by atoms with Crippen LogP contribution in [0.4, 0.5) is 0 Å². The first kappa shape index (κ1) is 22.9. The summed E-state index contributed by atoms with van der Waals surface area (Å²) >= 11 is 0. The third-order valence-electron chi connectivity index (χ3n) is 5.78. The topological polar surface area (TPSA) is 64.1 Å². The Morgan fingerprint density at radius 1 is 1.10 bits per heavy atom. The van der Waals surface area contributed by atoms with Gasteiger partial charge in [-0.25, -0.2) is 0 Å². The van der Waals surface area contributed by atoms with Crippen LogP contribution < -0.4 is 20.1 Å². The van der Waals surface area contributed by atoms with Gasteiger partial charge in [0.05, 0.1) is 20.3 Å². The van der Waals surface area contributed by atoms with Crippen molar-refractivity contribution in [2.75, 3.05) is 41.0 Å². The van der Waals surface area contributed by atoms with Gasteiger partial charge in [-0.3, -0.25) is 4.99 Å². The van der Waals surface area contributed by atoms with Crippen molar-refractivity contribution < 1.29 is 14.2 Å². The summed E-state index contributed by atoms with van der Waals surface area (Å²) in [6, 6.07) is 14.6. The maximum absolute atomic E-state index is 6.14. The number of aliphatic imine (C=N–C) groups is 1. The van der Waals surface area contributed by atoms with Gasteiger partial charge in [0.15, 0.2) is 5.96 Å². The SMILES string of the molecule is CN=C(NCCc1cc(OC)ccc1OC)NCC1CCCOC1c1ccc(C)cc1. The molecule has 2 unspecified atom stereocenters. The van der Waals surface area contributed by atoms with Crippen molar-refractivity contribution in [3.63, 3.8) is 0 Å². The van der Waals surface area contributed by atoms with Gasteiger partial charge < -0.3 is 24.8 Å². The van der Waals surface area contributed by atoms with Gasteiger partial charge in [0.1, 0.15) is 11.5 Å². The molecule has 0 saturated carbocycles. The Labute approximate surface area is 186 Å². The number of methoxy groups -OCH3 is 2. The molecular weight excluding hydrogens is 390 g/mol. The van der Waals surface area contributed by atoms with E-state index in [0.29, 0.717) is 5.92 Å². The van der Waals surface area contributed by atoms with Gasteiger partial charge in [-0.2, -0.15) is 0 Å². The van der Waals surface area contributed by atoms with E-state index in [1.807, 2.05) is 18.2 Å². The molecule has 0 radical (unpaired) electrons. The molecule has 0 aliphatic carbocycles. The number of hydrogen-bond donors (Lipinski definition) is 2. The van der Waals surface area contributed by atoms with E-state index in [0.717, 1.165) is 62.0 Å². The Morgan fingerprint density at radius 3 is 2.61 bits per heavy atom. The first-order chi connectivity index (χ1) is 15.1. The first-order valence-electron chi connectivity index (χ1n) is 11.0. The minimum atomic E-state index is 0.126. The molecule has 6 nitrogen and oxygen atoms in total. The highest BCUT2D eigenvalue weighted by atomic mass is 16.5. The van der Waals surface area contributed by atoms with Crippen LogP contribution in [0.5, 0.6) is 11.5 Å². The Bertz CT molecular complexity index is 852. The molecule has 1 fully saturated rings.